The van der Waals surface area contributed by atoms with Crippen molar-refractivity contribution in [1.82, 2.24) is 4.98 Å². The molecule has 3 nitrogen and oxygen atoms in total. The molecule has 0 saturated heterocycles. The van der Waals surface area contributed by atoms with Crippen LogP contribution < -0.4 is 5.32 Å². The zero-order chi connectivity index (χ0) is 15.0. The lowest BCUT2D eigenvalue weighted by Crippen LogP contribution is -2.13. The van der Waals surface area contributed by atoms with Crippen molar-refractivity contribution < 1.29 is 9.18 Å². The number of aromatic nitrogens is 1. The Balaban J connectivity index is 1.94. The maximum Gasteiger partial charge on any atom is 0.260 e. The average Bonchev–Trinajstić information content (AvgIpc) is 2.81. The summed E-state index contributed by atoms with van der Waals surface area (Å²) >= 11 is 1.40. The van der Waals surface area contributed by atoms with Crippen LogP contribution in [0.3, 0.4) is 0 Å². The van der Waals surface area contributed by atoms with Crippen molar-refractivity contribution in [1.29, 1.82) is 0 Å². The molecule has 0 aliphatic rings. The van der Waals surface area contributed by atoms with E-state index in [1.54, 1.807) is 12.1 Å². The summed E-state index contributed by atoms with van der Waals surface area (Å²) in [7, 11) is 0. The van der Waals surface area contributed by atoms with E-state index in [1.165, 1.54) is 23.5 Å². The lowest BCUT2D eigenvalue weighted by Gasteiger charge is -2.02. The van der Waals surface area contributed by atoms with E-state index in [0.717, 1.165) is 21.3 Å². The second-order valence-electron chi connectivity index (χ2n) is 4.88. The average molecular weight is 300 g/mol. The van der Waals surface area contributed by atoms with E-state index in [2.05, 4.69) is 16.4 Å². The molecule has 5 heteroatoms. The zero-order valence-corrected chi connectivity index (χ0v) is 12.4. The number of nitrogens with zero attached hydrogens (tertiary/aromatic N) is 1. The number of amides is 1. The van der Waals surface area contributed by atoms with E-state index in [1.807, 2.05) is 19.9 Å². The standard InChI is InChI=1S/C16H13FN2OS/c1-9-7-10(2)14-13(8-9)18-16(21-14)19-15(20)11-5-3-4-6-12(11)17/h3-8H,1-2H3,(H,18,19,20). The van der Waals surface area contributed by atoms with Crippen molar-refractivity contribution in [3.8, 4) is 0 Å². The molecule has 1 heterocycles. The number of nitrogens with one attached hydrogen (secondary N) is 1. The maximum atomic E-state index is 13.6. The van der Waals surface area contributed by atoms with Gasteiger partial charge in [-0.25, -0.2) is 9.37 Å². The van der Waals surface area contributed by atoms with Gasteiger partial charge in [-0.3, -0.25) is 10.1 Å². The third kappa shape index (κ3) is 2.64. The molecule has 0 fully saturated rings. The van der Waals surface area contributed by atoms with E-state index in [-0.39, 0.29) is 5.56 Å². The van der Waals surface area contributed by atoms with Crippen LogP contribution in [-0.4, -0.2) is 10.9 Å². The third-order valence-corrected chi connectivity index (χ3v) is 4.28. The molecular formula is C16H13FN2OS. The second kappa shape index (κ2) is 5.26. The minimum absolute atomic E-state index is 0.0182. The van der Waals surface area contributed by atoms with Gasteiger partial charge in [0.1, 0.15) is 5.82 Å². The van der Waals surface area contributed by atoms with E-state index in [0.29, 0.717) is 5.13 Å². The normalized spacial score (nSPS) is 10.8. The lowest BCUT2D eigenvalue weighted by atomic mass is 10.1. The van der Waals surface area contributed by atoms with E-state index >= 15 is 0 Å². The van der Waals surface area contributed by atoms with Gasteiger partial charge >= 0.3 is 0 Å². The van der Waals surface area contributed by atoms with Crippen molar-refractivity contribution in [2.75, 3.05) is 5.32 Å². The van der Waals surface area contributed by atoms with Gasteiger partial charge in [-0.15, -0.1) is 0 Å². The number of carbonyl (C=O) groups excluding carboxylic acids is 1. The first-order valence-corrected chi connectivity index (χ1v) is 7.30. The SMILES string of the molecule is Cc1cc(C)c2sc(NC(=O)c3ccccc3F)nc2c1. The molecule has 0 aliphatic carbocycles. The number of halogens is 1. The van der Waals surface area contributed by atoms with Gasteiger partial charge in [-0.05, 0) is 43.2 Å². The highest BCUT2D eigenvalue weighted by atomic mass is 32.1. The number of rotatable bonds is 2. The highest BCUT2D eigenvalue weighted by Gasteiger charge is 2.14. The zero-order valence-electron chi connectivity index (χ0n) is 11.6. The summed E-state index contributed by atoms with van der Waals surface area (Å²) in [6, 6.07) is 9.94. The molecule has 0 radical (unpaired) electrons. The number of thiazole rings is 1. The predicted molar refractivity (Wildman–Crippen MR) is 83.4 cm³/mol. The van der Waals surface area contributed by atoms with Gasteiger partial charge in [0.25, 0.3) is 5.91 Å². The van der Waals surface area contributed by atoms with Crippen LogP contribution in [0.5, 0.6) is 0 Å². The summed E-state index contributed by atoms with van der Waals surface area (Å²) in [5.74, 6) is -1.02. The summed E-state index contributed by atoms with van der Waals surface area (Å²) in [4.78, 5) is 16.5. The number of hydrogen-bond donors (Lipinski definition) is 1. The number of fused-ring (bicyclic) bond motifs is 1. The molecule has 3 rings (SSSR count). The summed E-state index contributed by atoms with van der Waals surface area (Å²) in [6.45, 7) is 4.01. The Morgan fingerprint density at radius 3 is 2.76 bits per heavy atom. The molecule has 0 atom stereocenters. The Kier molecular flexibility index (Phi) is 3.43. The van der Waals surface area contributed by atoms with E-state index in [9.17, 15) is 9.18 Å². The van der Waals surface area contributed by atoms with Gasteiger partial charge in [-0.1, -0.05) is 29.5 Å². The highest BCUT2D eigenvalue weighted by Crippen LogP contribution is 2.30. The molecule has 3 aromatic rings. The molecule has 0 aliphatic heterocycles. The molecule has 0 spiro atoms. The topological polar surface area (TPSA) is 42.0 Å². The molecule has 1 N–H and O–H groups in total. The Hall–Kier alpha value is -2.27. The van der Waals surface area contributed by atoms with Crippen LogP contribution in [-0.2, 0) is 0 Å². The van der Waals surface area contributed by atoms with Gasteiger partial charge in [-0.2, -0.15) is 0 Å². The van der Waals surface area contributed by atoms with Gasteiger partial charge in [0.15, 0.2) is 5.13 Å². The van der Waals surface area contributed by atoms with E-state index in [4.69, 9.17) is 0 Å². The molecule has 106 valence electrons. The van der Waals surface area contributed by atoms with Crippen LogP contribution in [0.25, 0.3) is 10.2 Å². The minimum atomic E-state index is -0.539. The Morgan fingerprint density at radius 2 is 2.00 bits per heavy atom. The van der Waals surface area contributed by atoms with Crippen LogP contribution in [0.1, 0.15) is 21.5 Å². The minimum Gasteiger partial charge on any atom is -0.298 e. The smallest absolute Gasteiger partial charge is 0.260 e. The summed E-state index contributed by atoms with van der Waals surface area (Å²) in [5.41, 5.74) is 3.11. The molecule has 1 amide bonds. The summed E-state index contributed by atoms with van der Waals surface area (Å²) in [6.07, 6.45) is 0. The Labute approximate surface area is 125 Å². The lowest BCUT2D eigenvalue weighted by molar-refractivity contribution is 0.102. The monoisotopic (exact) mass is 300 g/mol. The largest absolute Gasteiger partial charge is 0.298 e. The van der Waals surface area contributed by atoms with Gasteiger partial charge in [0.2, 0.25) is 0 Å². The van der Waals surface area contributed by atoms with Crippen LogP contribution in [0.4, 0.5) is 9.52 Å². The Morgan fingerprint density at radius 1 is 1.24 bits per heavy atom. The van der Waals surface area contributed by atoms with Crippen LogP contribution in [0, 0.1) is 19.7 Å². The third-order valence-electron chi connectivity index (χ3n) is 3.16. The number of aryl methyl sites for hydroxylation is 2. The highest BCUT2D eigenvalue weighted by molar-refractivity contribution is 7.22. The van der Waals surface area contributed by atoms with Gasteiger partial charge < -0.3 is 0 Å². The molecular weight excluding hydrogens is 287 g/mol. The van der Waals surface area contributed by atoms with Crippen molar-refractivity contribution in [3.63, 3.8) is 0 Å². The van der Waals surface area contributed by atoms with Crippen molar-refractivity contribution >= 4 is 32.6 Å². The summed E-state index contributed by atoms with van der Waals surface area (Å²) < 4.78 is 14.6. The van der Waals surface area contributed by atoms with Crippen LogP contribution >= 0.6 is 11.3 Å². The summed E-state index contributed by atoms with van der Waals surface area (Å²) in [5, 5.41) is 3.14. The Bertz CT molecular complexity index is 841. The first-order valence-electron chi connectivity index (χ1n) is 6.48. The number of benzene rings is 2. The predicted octanol–water partition coefficient (Wildman–Crippen LogP) is 4.30. The van der Waals surface area contributed by atoms with Crippen LogP contribution in [0.15, 0.2) is 36.4 Å². The first-order chi connectivity index (χ1) is 10.0. The quantitative estimate of drug-likeness (QED) is 0.766. The molecule has 0 bridgehead atoms. The van der Waals surface area contributed by atoms with Crippen molar-refractivity contribution in [2.24, 2.45) is 0 Å². The number of carbonyl (C=O) groups is 1. The maximum absolute atomic E-state index is 13.6. The number of anilines is 1. The van der Waals surface area contributed by atoms with Gasteiger partial charge in [0.05, 0.1) is 15.8 Å². The fraction of sp³-hybridized carbons (Fsp3) is 0.125. The van der Waals surface area contributed by atoms with Crippen molar-refractivity contribution in [2.45, 2.75) is 13.8 Å². The van der Waals surface area contributed by atoms with Crippen molar-refractivity contribution in [3.05, 3.63) is 58.9 Å². The van der Waals surface area contributed by atoms with Gasteiger partial charge in [0, 0.05) is 0 Å². The second-order valence-corrected chi connectivity index (χ2v) is 5.88. The molecule has 1 aromatic heterocycles. The molecule has 0 saturated carbocycles. The van der Waals surface area contributed by atoms with E-state index < -0.39 is 11.7 Å². The molecule has 21 heavy (non-hydrogen) atoms. The van der Waals surface area contributed by atoms with Crippen LogP contribution in [0.2, 0.25) is 0 Å². The molecule has 2 aromatic carbocycles. The first kappa shape index (κ1) is 13.7. The fourth-order valence-electron chi connectivity index (χ4n) is 2.24. The number of hydrogen-bond acceptors (Lipinski definition) is 3. The fourth-order valence-corrected chi connectivity index (χ4v) is 3.15. The molecule has 0 unspecified atom stereocenters.